The number of fused-ring (bicyclic) bond motifs is 1. The lowest BCUT2D eigenvalue weighted by molar-refractivity contribution is 0.739. The molecule has 1 aromatic carbocycles. The van der Waals surface area contributed by atoms with Crippen LogP contribution in [0.3, 0.4) is 0 Å². The summed E-state index contributed by atoms with van der Waals surface area (Å²) >= 11 is 0. The Morgan fingerprint density at radius 1 is 1.27 bits per heavy atom. The van der Waals surface area contributed by atoms with E-state index in [2.05, 4.69) is 29.2 Å². The van der Waals surface area contributed by atoms with Crippen molar-refractivity contribution in [1.29, 1.82) is 0 Å². The second kappa shape index (κ2) is 3.99. The maximum absolute atomic E-state index is 5.78. The van der Waals surface area contributed by atoms with Gasteiger partial charge in [0.25, 0.3) is 0 Å². The van der Waals surface area contributed by atoms with E-state index < -0.39 is 0 Å². The van der Waals surface area contributed by atoms with Crippen molar-refractivity contribution in [3.63, 3.8) is 0 Å². The molecule has 0 aliphatic carbocycles. The van der Waals surface area contributed by atoms with Gasteiger partial charge in [-0.25, -0.2) is 0 Å². The number of hydrogen-bond donors (Lipinski definition) is 1. The maximum Gasteiger partial charge on any atom is 0.0705 e. The average Bonchev–Trinajstić information content (AvgIpc) is 2.17. The quantitative estimate of drug-likeness (QED) is 0.808. The molecule has 0 fully saturated rings. The minimum atomic E-state index is 0.209. The topological polar surface area (TPSA) is 38.9 Å². The van der Waals surface area contributed by atoms with Gasteiger partial charge in [-0.05, 0) is 44.0 Å². The van der Waals surface area contributed by atoms with Gasteiger partial charge in [-0.1, -0.05) is 12.1 Å². The third kappa shape index (κ3) is 2.34. The number of nitrogens with zero attached hydrogens (tertiary/aromatic N) is 1. The van der Waals surface area contributed by atoms with Gasteiger partial charge >= 0.3 is 0 Å². The van der Waals surface area contributed by atoms with Crippen LogP contribution in [0, 0.1) is 6.92 Å². The van der Waals surface area contributed by atoms with Gasteiger partial charge in [0, 0.05) is 17.1 Å². The van der Waals surface area contributed by atoms with Gasteiger partial charge in [0.15, 0.2) is 0 Å². The van der Waals surface area contributed by atoms with E-state index in [-0.39, 0.29) is 6.04 Å². The van der Waals surface area contributed by atoms with E-state index in [0.29, 0.717) is 0 Å². The van der Waals surface area contributed by atoms with Crippen LogP contribution < -0.4 is 5.73 Å². The van der Waals surface area contributed by atoms with Gasteiger partial charge < -0.3 is 5.73 Å². The standard InChI is InChI=1S/C13H16N2/c1-9(14)7-11-4-6-13-12(8-11)5-3-10(2)15-13/h3-6,8-9H,7,14H2,1-2H3. The maximum atomic E-state index is 5.78. The highest BCUT2D eigenvalue weighted by Crippen LogP contribution is 2.15. The number of hydrogen-bond acceptors (Lipinski definition) is 2. The van der Waals surface area contributed by atoms with E-state index in [1.54, 1.807) is 0 Å². The first-order chi connectivity index (χ1) is 7.15. The fraction of sp³-hybridized carbons (Fsp3) is 0.308. The molecule has 2 rings (SSSR count). The molecule has 2 aromatic rings. The highest BCUT2D eigenvalue weighted by atomic mass is 14.7. The van der Waals surface area contributed by atoms with Gasteiger partial charge in [0.2, 0.25) is 0 Å². The Hall–Kier alpha value is -1.41. The Labute approximate surface area is 90.1 Å². The van der Waals surface area contributed by atoms with Crippen LogP contribution in [0.1, 0.15) is 18.2 Å². The molecule has 0 saturated carbocycles. The average molecular weight is 200 g/mol. The van der Waals surface area contributed by atoms with E-state index in [4.69, 9.17) is 5.73 Å². The lowest BCUT2D eigenvalue weighted by Gasteiger charge is -2.06. The predicted octanol–water partition coefficient (Wildman–Crippen LogP) is 2.43. The van der Waals surface area contributed by atoms with Crippen molar-refractivity contribution in [3.05, 3.63) is 41.6 Å². The van der Waals surface area contributed by atoms with E-state index in [9.17, 15) is 0 Å². The summed E-state index contributed by atoms with van der Waals surface area (Å²) in [6.45, 7) is 4.03. The van der Waals surface area contributed by atoms with E-state index in [1.165, 1.54) is 10.9 Å². The van der Waals surface area contributed by atoms with Crippen molar-refractivity contribution >= 4 is 10.9 Å². The summed E-state index contributed by atoms with van der Waals surface area (Å²) in [5, 5.41) is 1.19. The van der Waals surface area contributed by atoms with Gasteiger partial charge in [-0.3, -0.25) is 4.98 Å². The molecule has 0 spiro atoms. The molecule has 0 saturated heterocycles. The molecule has 0 bridgehead atoms. The van der Waals surface area contributed by atoms with Crippen molar-refractivity contribution in [2.45, 2.75) is 26.3 Å². The molecule has 2 N–H and O–H groups in total. The first-order valence-electron chi connectivity index (χ1n) is 5.27. The van der Waals surface area contributed by atoms with Gasteiger partial charge in [-0.15, -0.1) is 0 Å². The molecule has 78 valence electrons. The number of benzene rings is 1. The minimum absolute atomic E-state index is 0.209. The fourth-order valence-corrected chi connectivity index (χ4v) is 1.78. The summed E-state index contributed by atoms with van der Waals surface area (Å²) in [6, 6.07) is 10.7. The van der Waals surface area contributed by atoms with Crippen LogP contribution in [0.15, 0.2) is 30.3 Å². The zero-order valence-electron chi connectivity index (χ0n) is 9.20. The first kappa shape index (κ1) is 10.1. The Kier molecular flexibility index (Phi) is 2.69. The van der Waals surface area contributed by atoms with Crippen LogP contribution in [-0.2, 0) is 6.42 Å². The van der Waals surface area contributed by atoms with Crippen molar-refractivity contribution in [3.8, 4) is 0 Å². The molecule has 1 unspecified atom stereocenters. The number of pyridine rings is 1. The monoisotopic (exact) mass is 200 g/mol. The zero-order valence-corrected chi connectivity index (χ0v) is 9.20. The van der Waals surface area contributed by atoms with Gasteiger partial charge in [-0.2, -0.15) is 0 Å². The SMILES string of the molecule is Cc1ccc2cc(CC(C)N)ccc2n1. The van der Waals surface area contributed by atoms with Gasteiger partial charge in [0.1, 0.15) is 0 Å². The molecule has 1 aromatic heterocycles. The number of nitrogens with two attached hydrogens (primary N) is 1. The highest BCUT2D eigenvalue weighted by Gasteiger charge is 2.00. The van der Waals surface area contributed by atoms with Crippen molar-refractivity contribution in [2.75, 3.05) is 0 Å². The van der Waals surface area contributed by atoms with E-state index in [1.807, 2.05) is 19.9 Å². The summed E-state index contributed by atoms with van der Waals surface area (Å²) in [7, 11) is 0. The molecule has 0 amide bonds. The Morgan fingerprint density at radius 2 is 2.07 bits per heavy atom. The second-order valence-corrected chi connectivity index (χ2v) is 4.16. The van der Waals surface area contributed by atoms with Crippen molar-refractivity contribution < 1.29 is 0 Å². The second-order valence-electron chi connectivity index (χ2n) is 4.16. The molecular formula is C13H16N2. The Balaban J connectivity index is 2.43. The summed E-state index contributed by atoms with van der Waals surface area (Å²) in [5.41, 5.74) is 9.17. The molecule has 0 radical (unpaired) electrons. The van der Waals surface area contributed by atoms with Gasteiger partial charge in [0.05, 0.1) is 5.52 Å². The normalized spacial score (nSPS) is 13.0. The molecule has 15 heavy (non-hydrogen) atoms. The van der Waals surface area contributed by atoms with Crippen LogP contribution >= 0.6 is 0 Å². The number of rotatable bonds is 2. The molecule has 1 atom stereocenters. The van der Waals surface area contributed by atoms with Crippen LogP contribution in [-0.4, -0.2) is 11.0 Å². The molecule has 2 heteroatoms. The third-order valence-electron chi connectivity index (χ3n) is 2.45. The third-order valence-corrected chi connectivity index (χ3v) is 2.45. The number of aryl methyl sites for hydroxylation is 1. The minimum Gasteiger partial charge on any atom is -0.328 e. The lowest BCUT2D eigenvalue weighted by atomic mass is 10.0. The highest BCUT2D eigenvalue weighted by molar-refractivity contribution is 5.79. The van der Waals surface area contributed by atoms with Crippen LogP contribution in [0.25, 0.3) is 10.9 Å². The van der Waals surface area contributed by atoms with E-state index >= 15 is 0 Å². The predicted molar refractivity (Wildman–Crippen MR) is 63.8 cm³/mol. The largest absolute Gasteiger partial charge is 0.328 e. The Morgan fingerprint density at radius 3 is 2.80 bits per heavy atom. The number of aromatic nitrogens is 1. The fourth-order valence-electron chi connectivity index (χ4n) is 1.78. The van der Waals surface area contributed by atoms with E-state index in [0.717, 1.165) is 17.6 Å². The van der Waals surface area contributed by atoms with Crippen LogP contribution in [0.4, 0.5) is 0 Å². The first-order valence-corrected chi connectivity index (χ1v) is 5.27. The molecular weight excluding hydrogens is 184 g/mol. The zero-order chi connectivity index (χ0) is 10.8. The summed E-state index contributed by atoms with van der Waals surface area (Å²) in [6.07, 6.45) is 0.920. The van der Waals surface area contributed by atoms with Crippen LogP contribution in [0.2, 0.25) is 0 Å². The lowest BCUT2D eigenvalue weighted by Crippen LogP contribution is -2.17. The summed E-state index contributed by atoms with van der Waals surface area (Å²) < 4.78 is 0. The molecule has 0 aliphatic rings. The molecule has 2 nitrogen and oxygen atoms in total. The summed E-state index contributed by atoms with van der Waals surface area (Å²) in [5.74, 6) is 0. The molecule has 1 heterocycles. The smallest absolute Gasteiger partial charge is 0.0705 e. The van der Waals surface area contributed by atoms with Crippen molar-refractivity contribution in [2.24, 2.45) is 5.73 Å². The molecule has 0 aliphatic heterocycles. The Bertz CT molecular complexity index is 475. The summed E-state index contributed by atoms with van der Waals surface area (Å²) in [4.78, 5) is 4.46. The van der Waals surface area contributed by atoms with Crippen molar-refractivity contribution in [1.82, 2.24) is 4.98 Å². The van der Waals surface area contributed by atoms with Crippen LogP contribution in [0.5, 0.6) is 0 Å².